The molecule has 2 aromatic rings. The summed E-state index contributed by atoms with van der Waals surface area (Å²) in [6, 6.07) is 7.67. The summed E-state index contributed by atoms with van der Waals surface area (Å²) < 4.78 is 6.03. The van der Waals surface area contributed by atoms with Crippen molar-refractivity contribution in [1.82, 2.24) is 4.98 Å². The van der Waals surface area contributed by atoms with E-state index in [2.05, 4.69) is 4.98 Å². The highest BCUT2D eigenvalue weighted by atomic mass is 35.5. The van der Waals surface area contributed by atoms with Crippen LogP contribution < -0.4 is 10.5 Å². The highest BCUT2D eigenvalue weighted by molar-refractivity contribution is 6.31. The van der Waals surface area contributed by atoms with Gasteiger partial charge in [0, 0.05) is 22.6 Å². The first-order valence-corrected chi connectivity index (χ1v) is 6.58. The van der Waals surface area contributed by atoms with Crippen molar-refractivity contribution in [1.29, 1.82) is 0 Å². The number of hydrogen-bond donors (Lipinski definition) is 1. The Balaban J connectivity index is 1.96. The molecule has 4 heteroatoms. The zero-order chi connectivity index (χ0) is 12.5. The minimum absolute atomic E-state index is 0.117. The van der Waals surface area contributed by atoms with Gasteiger partial charge in [-0.2, -0.15) is 0 Å². The largest absolute Gasteiger partial charge is 0.488 e. The van der Waals surface area contributed by atoms with Crippen LogP contribution in [0.5, 0.6) is 5.75 Å². The molecule has 3 nitrogen and oxygen atoms in total. The number of fused-ring (bicyclic) bond motifs is 1. The van der Waals surface area contributed by atoms with Crippen molar-refractivity contribution < 1.29 is 4.74 Å². The Morgan fingerprint density at radius 2 is 2.17 bits per heavy atom. The van der Waals surface area contributed by atoms with Gasteiger partial charge in [0.1, 0.15) is 11.9 Å². The molecule has 1 heterocycles. The lowest BCUT2D eigenvalue weighted by molar-refractivity contribution is 0.194. The van der Waals surface area contributed by atoms with Gasteiger partial charge in [0.15, 0.2) is 0 Å². The Hall–Kier alpha value is -1.32. The normalized spacial score (nSPS) is 23.4. The van der Waals surface area contributed by atoms with Crippen LogP contribution in [0.15, 0.2) is 30.5 Å². The molecule has 18 heavy (non-hydrogen) atoms. The van der Waals surface area contributed by atoms with Crippen molar-refractivity contribution in [2.75, 3.05) is 0 Å². The van der Waals surface area contributed by atoms with Crippen LogP contribution in [0.2, 0.25) is 5.02 Å². The lowest BCUT2D eigenvalue weighted by Crippen LogP contribution is -2.33. The molecule has 1 aromatic heterocycles. The molecule has 0 saturated heterocycles. The van der Waals surface area contributed by atoms with Crippen LogP contribution in [0.25, 0.3) is 10.9 Å². The Kier molecular flexibility index (Phi) is 3.10. The lowest BCUT2D eigenvalue weighted by atomic mass is 10.2. The van der Waals surface area contributed by atoms with E-state index < -0.39 is 0 Å². The van der Waals surface area contributed by atoms with Crippen molar-refractivity contribution in [3.05, 3.63) is 35.5 Å². The van der Waals surface area contributed by atoms with Crippen molar-refractivity contribution in [3.63, 3.8) is 0 Å². The summed E-state index contributed by atoms with van der Waals surface area (Å²) >= 11 is 5.96. The van der Waals surface area contributed by atoms with E-state index in [1.165, 1.54) is 0 Å². The minimum Gasteiger partial charge on any atom is -0.488 e. The molecule has 1 fully saturated rings. The van der Waals surface area contributed by atoms with E-state index in [0.29, 0.717) is 5.02 Å². The monoisotopic (exact) mass is 262 g/mol. The Bertz CT molecular complexity index is 573. The summed E-state index contributed by atoms with van der Waals surface area (Å²) in [6.45, 7) is 0. The fourth-order valence-corrected chi connectivity index (χ4v) is 2.63. The second-order valence-electron chi connectivity index (χ2n) is 4.72. The lowest BCUT2D eigenvalue weighted by Gasteiger charge is -2.18. The first kappa shape index (κ1) is 11.8. The average molecular weight is 263 g/mol. The van der Waals surface area contributed by atoms with Crippen LogP contribution in [0.1, 0.15) is 19.3 Å². The predicted octanol–water partition coefficient (Wildman–Crippen LogP) is 3.15. The number of nitrogens with two attached hydrogens (primary N) is 1. The van der Waals surface area contributed by atoms with Crippen LogP contribution in [-0.4, -0.2) is 17.1 Å². The molecule has 94 valence electrons. The third-order valence-corrected chi connectivity index (χ3v) is 3.68. The molecule has 2 atom stereocenters. The summed E-state index contributed by atoms with van der Waals surface area (Å²) in [5.41, 5.74) is 6.89. The van der Waals surface area contributed by atoms with Crippen molar-refractivity contribution >= 4 is 22.5 Å². The third kappa shape index (κ3) is 2.16. The number of nitrogens with zero attached hydrogens (tertiary/aromatic N) is 1. The van der Waals surface area contributed by atoms with Crippen LogP contribution in [-0.2, 0) is 0 Å². The number of pyridine rings is 1. The SMILES string of the molecule is NC1CCCC1Oc1ccnc2cc(Cl)ccc12. The molecule has 1 saturated carbocycles. The molecular weight excluding hydrogens is 248 g/mol. The first-order chi connectivity index (χ1) is 8.74. The Labute approximate surface area is 111 Å². The number of rotatable bonds is 2. The second kappa shape index (κ2) is 4.75. The quantitative estimate of drug-likeness (QED) is 0.904. The topological polar surface area (TPSA) is 48.1 Å². The van der Waals surface area contributed by atoms with Gasteiger partial charge in [-0.1, -0.05) is 11.6 Å². The summed E-state index contributed by atoms with van der Waals surface area (Å²) in [4.78, 5) is 4.30. The number of benzene rings is 1. The molecule has 1 aliphatic carbocycles. The first-order valence-electron chi connectivity index (χ1n) is 6.20. The standard InChI is InChI=1S/C14H15ClN2O/c15-9-4-5-10-12(8-9)17-7-6-13(10)18-14-3-1-2-11(14)16/h4-8,11,14H,1-3,16H2. The number of halogens is 1. The molecule has 1 aliphatic rings. The van der Waals surface area contributed by atoms with Gasteiger partial charge in [0.2, 0.25) is 0 Å². The summed E-state index contributed by atoms with van der Waals surface area (Å²) in [5.74, 6) is 0.846. The molecule has 0 spiro atoms. The maximum absolute atomic E-state index is 6.03. The van der Waals surface area contributed by atoms with Gasteiger partial charge in [-0.15, -0.1) is 0 Å². The van der Waals surface area contributed by atoms with Crippen molar-refractivity contribution in [2.24, 2.45) is 5.73 Å². The maximum Gasteiger partial charge on any atom is 0.130 e. The van der Waals surface area contributed by atoms with Gasteiger partial charge in [-0.3, -0.25) is 4.98 Å². The van der Waals surface area contributed by atoms with Crippen molar-refractivity contribution in [3.8, 4) is 5.75 Å². The van der Waals surface area contributed by atoms with E-state index in [9.17, 15) is 0 Å². The van der Waals surface area contributed by atoms with E-state index in [1.54, 1.807) is 6.20 Å². The summed E-state index contributed by atoms with van der Waals surface area (Å²) in [6.07, 6.45) is 5.07. The van der Waals surface area contributed by atoms with E-state index in [1.807, 2.05) is 24.3 Å². The summed E-state index contributed by atoms with van der Waals surface area (Å²) in [5, 5.41) is 1.67. The van der Waals surface area contributed by atoms with Crippen LogP contribution in [0.4, 0.5) is 0 Å². The van der Waals surface area contributed by atoms with Gasteiger partial charge < -0.3 is 10.5 Å². The Morgan fingerprint density at radius 3 is 2.94 bits per heavy atom. The highest BCUT2D eigenvalue weighted by Gasteiger charge is 2.26. The molecule has 0 amide bonds. The smallest absolute Gasteiger partial charge is 0.130 e. The number of aromatic nitrogens is 1. The predicted molar refractivity (Wildman–Crippen MR) is 73.0 cm³/mol. The highest BCUT2D eigenvalue weighted by Crippen LogP contribution is 2.30. The fourth-order valence-electron chi connectivity index (χ4n) is 2.46. The number of hydrogen-bond acceptors (Lipinski definition) is 3. The zero-order valence-corrected chi connectivity index (χ0v) is 10.7. The molecule has 3 rings (SSSR count). The van der Waals surface area contributed by atoms with Gasteiger partial charge in [0.25, 0.3) is 0 Å². The van der Waals surface area contributed by atoms with Gasteiger partial charge in [-0.05, 0) is 43.5 Å². The van der Waals surface area contributed by atoms with E-state index in [4.69, 9.17) is 22.1 Å². The van der Waals surface area contributed by atoms with E-state index >= 15 is 0 Å². The van der Waals surface area contributed by atoms with E-state index in [-0.39, 0.29) is 12.1 Å². The third-order valence-electron chi connectivity index (χ3n) is 3.45. The van der Waals surface area contributed by atoms with Gasteiger partial charge in [-0.25, -0.2) is 0 Å². The molecule has 1 aromatic carbocycles. The molecule has 0 bridgehead atoms. The Morgan fingerprint density at radius 1 is 1.28 bits per heavy atom. The van der Waals surface area contributed by atoms with Crippen LogP contribution in [0, 0.1) is 0 Å². The summed E-state index contributed by atoms with van der Waals surface area (Å²) in [7, 11) is 0. The maximum atomic E-state index is 6.03. The average Bonchev–Trinajstić information content (AvgIpc) is 2.75. The molecule has 2 N–H and O–H groups in total. The van der Waals surface area contributed by atoms with Crippen molar-refractivity contribution in [2.45, 2.75) is 31.4 Å². The molecular formula is C14H15ClN2O. The molecule has 0 aliphatic heterocycles. The zero-order valence-electron chi connectivity index (χ0n) is 9.97. The van der Waals surface area contributed by atoms with Crippen LogP contribution >= 0.6 is 11.6 Å². The number of ether oxygens (including phenoxy) is 1. The van der Waals surface area contributed by atoms with Gasteiger partial charge in [0.05, 0.1) is 5.52 Å². The molecule has 2 unspecified atom stereocenters. The van der Waals surface area contributed by atoms with Gasteiger partial charge >= 0.3 is 0 Å². The minimum atomic E-state index is 0.117. The van der Waals surface area contributed by atoms with Crippen LogP contribution in [0.3, 0.4) is 0 Å². The second-order valence-corrected chi connectivity index (χ2v) is 5.16. The van der Waals surface area contributed by atoms with E-state index in [0.717, 1.165) is 35.9 Å². The fraction of sp³-hybridized carbons (Fsp3) is 0.357. The molecule has 0 radical (unpaired) electrons.